The summed E-state index contributed by atoms with van der Waals surface area (Å²) in [5.74, 6) is -0.369. The number of ether oxygens (including phenoxy) is 1. The summed E-state index contributed by atoms with van der Waals surface area (Å²) in [6, 6.07) is 17.9. The van der Waals surface area contributed by atoms with Crippen LogP contribution in [0, 0.1) is 18.3 Å². The molecule has 0 spiro atoms. The first kappa shape index (κ1) is 21.2. The van der Waals surface area contributed by atoms with Gasteiger partial charge in [0.25, 0.3) is 5.91 Å². The molecule has 1 N–H and O–H groups in total. The highest BCUT2D eigenvalue weighted by Crippen LogP contribution is 2.29. The number of hydrogen-bond donors (Lipinski definition) is 1. The van der Waals surface area contributed by atoms with Gasteiger partial charge in [-0.2, -0.15) is 5.26 Å². The maximum Gasteiger partial charge on any atom is 0.262 e. The standard InChI is InChI=1S/C25H24ClN3O2/c1-17-23(13-19(14-27)25(30)28-15-21-5-4-12-31-21)22-6-2-3-7-24(22)29(17)16-18-8-10-20(26)11-9-18/h2-3,6-11,13,21H,4-5,12,15-16H2,1H3,(H,28,30)/b19-13-. The Hall–Kier alpha value is -3.07. The molecule has 4 rings (SSSR count). The first-order chi connectivity index (χ1) is 15.1. The van der Waals surface area contributed by atoms with Gasteiger partial charge in [0.05, 0.1) is 6.10 Å². The van der Waals surface area contributed by atoms with E-state index in [1.807, 2.05) is 49.4 Å². The molecule has 0 radical (unpaired) electrons. The average Bonchev–Trinajstić information content (AvgIpc) is 3.39. The number of carbonyl (C=O) groups is 1. The summed E-state index contributed by atoms with van der Waals surface area (Å²) in [5, 5.41) is 14.2. The van der Waals surface area contributed by atoms with Gasteiger partial charge in [-0.1, -0.05) is 41.9 Å². The van der Waals surface area contributed by atoms with Gasteiger partial charge in [-0.3, -0.25) is 4.79 Å². The molecule has 2 aromatic carbocycles. The molecule has 158 valence electrons. The molecule has 31 heavy (non-hydrogen) atoms. The number of nitrogens with one attached hydrogen (secondary N) is 1. The third kappa shape index (κ3) is 4.66. The van der Waals surface area contributed by atoms with Crippen LogP contribution in [0.4, 0.5) is 0 Å². The van der Waals surface area contributed by atoms with E-state index < -0.39 is 0 Å². The summed E-state index contributed by atoms with van der Waals surface area (Å²) in [6.07, 6.45) is 3.67. The Morgan fingerprint density at radius 2 is 2.06 bits per heavy atom. The number of rotatable bonds is 6. The number of para-hydroxylation sites is 1. The zero-order valence-corrected chi connectivity index (χ0v) is 18.2. The zero-order chi connectivity index (χ0) is 21.8. The summed E-state index contributed by atoms with van der Waals surface area (Å²) in [7, 11) is 0. The topological polar surface area (TPSA) is 67.1 Å². The number of benzene rings is 2. The lowest BCUT2D eigenvalue weighted by molar-refractivity contribution is -0.117. The van der Waals surface area contributed by atoms with E-state index in [0.29, 0.717) is 18.1 Å². The van der Waals surface area contributed by atoms with Gasteiger partial charge < -0.3 is 14.6 Å². The molecule has 1 aliphatic rings. The molecule has 1 amide bonds. The van der Waals surface area contributed by atoms with Gasteiger partial charge in [-0.25, -0.2) is 0 Å². The summed E-state index contributed by atoms with van der Waals surface area (Å²) in [6.45, 7) is 3.84. The molecule has 0 aliphatic carbocycles. The van der Waals surface area contributed by atoms with E-state index in [1.54, 1.807) is 6.08 Å². The fourth-order valence-electron chi connectivity index (χ4n) is 4.02. The van der Waals surface area contributed by atoms with Crippen LogP contribution in [0.3, 0.4) is 0 Å². The fraction of sp³-hybridized carbons (Fsp3) is 0.280. The van der Waals surface area contributed by atoms with Gasteiger partial charge in [-0.05, 0) is 49.6 Å². The van der Waals surface area contributed by atoms with Gasteiger partial charge >= 0.3 is 0 Å². The molecule has 1 atom stereocenters. The van der Waals surface area contributed by atoms with Gasteiger partial charge in [0.2, 0.25) is 0 Å². The van der Waals surface area contributed by atoms with Crippen LogP contribution in [0.2, 0.25) is 5.02 Å². The molecule has 1 saturated heterocycles. The molecular formula is C25H24ClN3O2. The second kappa shape index (κ2) is 9.38. The second-order valence-corrected chi connectivity index (χ2v) is 8.18. The van der Waals surface area contributed by atoms with Crippen LogP contribution in [0.25, 0.3) is 17.0 Å². The molecule has 6 heteroatoms. The van der Waals surface area contributed by atoms with Crippen molar-refractivity contribution >= 4 is 34.5 Å². The fourth-order valence-corrected chi connectivity index (χ4v) is 4.14. The summed E-state index contributed by atoms with van der Waals surface area (Å²) >= 11 is 6.02. The number of nitriles is 1. The maximum absolute atomic E-state index is 12.6. The maximum atomic E-state index is 12.6. The number of fused-ring (bicyclic) bond motifs is 1. The molecule has 5 nitrogen and oxygen atoms in total. The van der Waals surface area contributed by atoms with Crippen LogP contribution in [-0.2, 0) is 16.1 Å². The minimum atomic E-state index is -0.369. The van der Waals surface area contributed by atoms with Crippen molar-refractivity contribution < 1.29 is 9.53 Å². The van der Waals surface area contributed by atoms with Gasteiger partial charge in [-0.15, -0.1) is 0 Å². The van der Waals surface area contributed by atoms with Gasteiger partial charge in [0.15, 0.2) is 0 Å². The van der Waals surface area contributed by atoms with E-state index in [0.717, 1.165) is 47.2 Å². The Kier molecular flexibility index (Phi) is 6.41. The highest BCUT2D eigenvalue weighted by atomic mass is 35.5. The summed E-state index contributed by atoms with van der Waals surface area (Å²) < 4.78 is 7.75. The minimum Gasteiger partial charge on any atom is -0.376 e. The number of halogens is 1. The van der Waals surface area contributed by atoms with E-state index in [9.17, 15) is 10.1 Å². The molecular weight excluding hydrogens is 410 g/mol. The van der Waals surface area contributed by atoms with Gasteiger partial charge in [0, 0.05) is 46.9 Å². The molecule has 1 unspecified atom stereocenters. The monoisotopic (exact) mass is 433 g/mol. The zero-order valence-electron chi connectivity index (χ0n) is 17.4. The largest absolute Gasteiger partial charge is 0.376 e. The van der Waals surface area contributed by atoms with Crippen LogP contribution >= 0.6 is 11.6 Å². The quantitative estimate of drug-likeness (QED) is 0.446. The van der Waals surface area contributed by atoms with E-state index in [1.165, 1.54) is 0 Å². The number of carbonyl (C=O) groups excluding carboxylic acids is 1. The molecule has 2 heterocycles. The van der Waals surface area contributed by atoms with Crippen molar-refractivity contribution in [3.8, 4) is 6.07 Å². The molecule has 0 bridgehead atoms. The number of amides is 1. The van der Waals surface area contributed by atoms with E-state index >= 15 is 0 Å². The Bertz CT molecular complexity index is 1170. The van der Waals surface area contributed by atoms with Crippen LogP contribution in [0.15, 0.2) is 54.1 Å². The molecule has 1 aliphatic heterocycles. The van der Waals surface area contributed by atoms with Gasteiger partial charge in [0.1, 0.15) is 11.6 Å². The Morgan fingerprint density at radius 1 is 1.29 bits per heavy atom. The van der Waals surface area contributed by atoms with Crippen molar-refractivity contribution in [2.24, 2.45) is 0 Å². The number of nitrogens with zero attached hydrogens (tertiary/aromatic N) is 2. The lowest BCUT2D eigenvalue weighted by atomic mass is 10.1. The molecule has 1 fully saturated rings. The highest BCUT2D eigenvalue weighted by Gasteiger charge is 2.19. The van der Waals surface area contributed by atoms with E-state index in [4.69, 9.17) is 16.3 Å². The third-order valence-corrected chi connectivity index (χ3v) is 5.95. The smallest absolute Gasteiger partial charge is 0.262 e. The Balaban J connectivity index is 1.66. The molecule has 1 aromatic heterocycles. The molecule has 0 saturated carbocycles. The van der Waals surface area contributed by atoms with Crippen molar-refractivity contribution in [2.75, 3.05) is 13.2 Å². The number of aromatic nitrogens is 1. The average molecular weight is 434 g/mol. The van der Waals surface area contributed by atoms with Crippen molar-refractivity contribution in [3.63, 3.8) is 0 Å². The highest BCUT2D eigenvalue weighted by molar-refractivity contribution is 6.30. The van der Waals surface area contributed by atoms with Crippen molar-refractivity contribution in [1.29, 1.82) is 5.26 Å². The third-order valence-electron chi connectivity index (χ3n) is 5.70. The predicted molar refractivity (Wildman–Crippen MR) is 123 cm³/mol. The molecule has 3 aromatic rings. The first-order valence-electron chi connectivity index (χ1n) is 10.4. The van der Waals surface area contributed by atoms with E-state index in [2.05, 4.69) is 22.0 Å². The lowest BCUT2D eigenvalue weighted by Crippen LogP contribution is -2.32. The van der Waals surface area contributed by atoms with Crippen LogP contribution < -0.4 is 5.32 Å². The Labute approximate surface area is 186 Å². The van der Waals surface area contributed by atoms with Crippen LogP contribution in [0.1, 0.15) is 29.7 Å². The lowest BCUT2D eigenvalue weighted by Gasteiger charge is -2.10. The summed E-state index contributed by atoms with van der Waals surface area (Å²) in [4.78, 5) is 12.6. The normalized spacial score (nSPS) is 16.4. The van der Waals surface area contributed by atoms with Crippen LogP contribution in [-0.4, -0.2) is 29.7 Å². The summed E-state index contributed by atoms with van der Waals surface area (Å²) in [5.41, 5.74) is 4.15. The number of hydrogen-bond acceptors (Lipinski definition) is 3. The minimum absolute atomic E-state index is 0.0342. The van der Waals surface area contributed by atoms with Crippen molar-refractivity contribution in [3.05, 3.63) is 75.9 Å². The van der Waals surface area contributed by atoms with E-state index in [-0.39, 0.29) is 17.6 Å². The Morgan fingerprint density at radius 3 is 2.77 bits per heavy atom. The van der Waals surface area contributed by atoms with Crippen LogP contribution in [0.5, 0.6) is 0 Å². The second-order valence-electron chi connectivity index (χ2n) is 7.74. The SMILES string of the molecule is Cc1c(/C=C(/C#N)C(=O)NCC2CCCO2)c2ccccc2n1Cc1ccc(Cl)cc1. The van der Waals surface area contributed by atoms with Crippen molar-refractivity contribution in [2.45, 2.75) is 32.4 Å². The van der Waals surface area contributed by atoms with Crippen molar-refractivity contribution in [1.82, 2.24) is 9.88 Å². The first-order valence-corrected chi connectivity index (χ1v) is 10.8. The predicted octanol–water partition coefficient (Wildman–Crippen LogP) is 4.85.